The smallest absolute Gasteiger partial charge is 0.321 e. The first-order valence-electron chi connectivity index (χ1n) is 14.1. The second-order valence-electron chi connectivity index (χ2n) is 10.9. The molecule has 4 N–H and O–H groups in total. The van der Waals surface area contributed by atoms with Gasteiger partial charge in [0.05, 0.1) is 24.8 Å². The lowest BCUT2D eigenvalue weighted by atomic mass is 9.96. The van der Waals surface area contributed by atoms with Crippen molar-refractivity contribution in [2.24, 2.45) is 5.92 Å². The van der Waals surface area contributed by atoms with Crippen LogP contribution in [-0.4, -0.2) is 77.8 Å². The average molecular weight is 552 g/mol. The number of amides is 5. The number of para-hydroxylation sites is 1. The molecule has 2 aliphatic rings. The zero-order chi connectivity index (χ0) is 28.6. The van der Waals surface area contributed by atoms with Crippen molar-refractivity contribution >= 4 is 29.3 Å². The molecule has 0 spiro atoms. The molecule has 1 aliphatic carbocycles. The molecule has 1 aliphatic heterocycles. The Labute approximate surface area is 236 Å². The molecule has 2 aromatic carbocycles. The first-order valence-corrected chi connectivity index (χ1v) is 14.1. The molecular weight excluding hydrogens is 510 g/mol. The summed E-state index contributed by atoms with van der Waals surface area (Å²) in [5, 5.41) is 18.7. The summed E-state index contributed by atoms with van der Waals surface area (Å²) in [6, 6.07) is 13.4. The van der Waals surface area contributed by atoms with E-state index in [9.17, 15) is 19.5 Å². The largest absolute Gasteiger partial charge is 0.487 e. The number of likely N-dealkylation sites (N-methyl/N-ethyl adjacent to an activating group) is 1. The van der Waals surface area contributed by atoms with Crippen molar-refractivity contribution in [3.8, 4) is 5.75 Å². The standard InChI is InChI=1S/C30H41N5O5/c1-20-17-35(21(2)19-36)28(37)25-16-24(32-29(38)31-22-10-6-4-7-11-22)14-15-26(25)40-27(20)18-34(3)30(39)33-23-12-8-5-9-13-23/h5,8-9,12-16,20-22,27,36H,4,6-7,10-11,17-19H2,1-3H3,(H,33,39)(H2,31,32,38)/t20-,21-,27+/m1/s1. The molecule has 0 aromatic heterocycles. The number of aliphatic hydroxyl groups is 1. The Kier molecular flexibility index (Phi) is 9.87. The van der Waals surface area contributed by atoms with Crippen LogP contribution >= 0.6 is 0 Å². The molecule has 216 valence electrons. The first kappa shape index (κ1) is 29.2. The van der Waals surface area contributed by atoms with Gasteiger partial charge in [-0.05, 0) is 50.1 Å². The third-order valence-electron chi connectivity index (χ3n) is 7.69. The van der Waals surface area contributed by atoms with Crippen LogP contribution in [0.5, 0.6) is 5.75 Å². The van der Waals surface area contributed by atoms with E-state index in [0.717, 1.165) is 25.7 Å². The maximum atomic E-state index is 13.7. The number of fused-ring (bicyclic) bond motifs is 1. The van der Waals surface area contributed by atoms with Crippen LogP contribution in [0.4, 0.5) is 21.0 Å². The number of nitrogens with one attached hydrogen (secondary N) is 3. The number of benzene rings is 2. The zero-order valence-corrected chi connectivity index (χ0v) is 23.6. The normalized spacial score (nSPS) is 20.3. The van der Waals surface area contributed by atoms with Gasteiger partial charge in [-0.3, -0.25) is 4.79 Å². The molecule has 5 amide bonds. The highest BCUT2D eigenvalue weighted by Crippen LogP contribution is 2.31. The van der Waals surface area contributed by atoms with Gasteiger partial charge < -0.3 is 35.6 Å². The molecular formula is C30H41N5O5. The molecule has 10 heteroatoms. The Balaban J connectivity index is 1.53. The lowest BCUT2D eigenvalue weighted by molar-refractivity contribution is 0.0371. The average Bonchev–Trinajstić information content (AvgIpc) is 2.95. The Bertz CT molecular complexity index is 1170. The van der Waals surface area contributed by atoms with Gasteiger partial charge in [0.1, 0.15) is 11.9 Å². The van der Waals surface area contributed by atoms with E-state index in [1.807, 2.05) is 37.3 Å². The Morgan fingerprint density at radius 1 is 1.07 bits per heavy atom. The second kappa shape index (κ2) is 13.5. The molecule has 2 aromatic rings. The summed E-state index contributed by atoms with van der Waals surface area (Å²) in [6.07, 6.45) is 4.92. The number of carbonyl (C=O) groups excluding carboxylic acids is 3. The number of hydrogen-bond acceptors (Lipinski definition) is 5. The predicted octanol–water partition coefficient (Wildman–Crippen LogP) is 4.52. The van der Waals surface area contributed by atoms with Gasteiger partial charge in [-0.2, -0.15) is 0 Å². The molecule has 3 atom stereocenters. The minimum absolute atomic E-state index is 0.142. The van der Waals surface area contributed by atoms with Crippen molar-refractivity contribution in [1.82, 2.24) is 15.1 Å². The molecule has 1 fully saturated rings. The van der Waals surface area contributed by atoms with E-state index in [2.05, 4.69) is 16.0 Å². The molecule has 0 bridgehead atoms. The van der Waals surface area contributed by atoms with Gasteiger partial charge in [0.15, 0.2) is 0 Å². The summed E-state index contributed by atoms with van der Waals surface area (Å²) in [4.78, 5) is 42.4. The van der Waals surface area contributed by atoms with Crippen molar-refractivity contribution < 1.29 is 24.2 Å². The number of aliphatic hydroxyl groups excluding tert-OH is 1. The lowest BCUT2D eigenvalue weighted by Gasteiger charge is -2.38. The van der Waals surface area contributed by atoms with Crippen LogP contribution in [-0.2, 0) is 0 Å². The van der Waals surface area contributed by atoms with Gasteiger partial charge in [-0.15, -0.1) is 0 Å². The molecule has 0 unspecified atom stereocenters. The Morgan fingerprint density at radius 2 is 1.80 bits per heavy atom. The van der Waals surface area contributed by atoms with Crippen molar-refractivity contribution in [1.29, 1.82) is 0 Å². The van der Waals surface area contributed by atoms with E-state index in [1.54, 1.807) is 42.0 Å². The van der Waals surface area contributed by atoms with E-state index in [0.29, 0.717) is 29.2 Å². The lowest BCUT2D eigenvalue weighted by Crippen LogP contribution is -2.50. The summed E-state index contributed by atoms with van der Waals surface area (Å²) in [6.45, 7) is 4.17. The highest BCUT2D eigenvalue weighted by atomic mass is 16.5. The van der Waals surface area contributed by atoms with Crippen LogP contribution in [0.2, 0.25) is 0 Å². The Hall–Kier alpha value is -3.79. The molecule has 40 heavy (non-hydrogen) atoms. The molecule has 1 saturated carbocycles. The maximum absolute atomic E-state index is 13.7. The summed E-state index contributed by atoms with van der Waals surface area (Å²) >= 11 is 0. The number of rotatable bonds is 7. The maximum Gasteiger partial charge on any atom is 0.321 e. The SMILES string of the molecule is C[C@@H]1CN([C@H](C)CO)C(=O)c2cc(NC(=O)NC3CCCCC3)ccc2O[C@H]1CN(C)C(=O)Nc1ccccc1. The van der Waals surface area contributed by atoms with E-state index in [4.69, 9.17) is 4.74 Å². The zero-order valence-electron chi connectivity index (χ0n) is 23.6. The fraction of sp³-hybridized carbons (Fsp3) is 0.500. The van der Waals surface area contributed by atoms with Crippen LogP contribution in [0.25, 0.3) is 0 Å². The fourth-order valence-corrected chi connectivity index (χ4v) is 5.21. The minimum atomic E-state index is -0.430. The third kappa shape index (κ3) is 7.44. The number of urea groups is 2. The van der Waals surface area contributed by atoms with Crippen LogP contribution in [0.1, 0.15) is 56.3 Å². The minimum Gasteiger partial charge on any atom is -0.487 e. The summed E-state index contributed by atoms with van der Waals surface area (Å²) in [5.41, 5.74) is 1.46. The highest BCUT2D eigenvalue weighted by Gasteiger charge is 2.34. The van der Waals surface area contributed by atoms with Gasteiger partial charge in [-0.1, -0.05) is 44.4 Å². The monoisotopic (exact) mass is 551 g/mol. The van der Waals surface area contributed by atoms with Crippen LogP contribution in [0.3, 0.4) is 0 Å². The van der Waals surface area contributed by atoms with E-state index in [-0.39, 0.29) is 43.1 Å². The number of nitrogens with zero attached hydrogens (tertiary/aromatic N) is 2. The first-order chi connectivity index (χ1) is 19.2. The van der Waals surface area contributed by atoms with E-state index >= 15 is 0 Å². The van der Waals surface area contributed by atoms with Gasteiger partial charge in [-0.25, -0.2) is 9.59 Å². The van der Waals surface area contributed by atoms with Crippen molar-refractivity contribution in [2.45, 2.75) is 64.1 Å². The molecule has 4 rings (SSSR count). The third-order valence-corrected chi connectivity index (χ3v) is 7.69. The Morgan fingerprint density at radius 3 is 2.50 bits per heavy atom. The predicted molar refractivity (Wildman–Crippen MR) is 155 cm³/mol. The summed E-state index contributed by atoms with van der Waals surface area (Å²) in [7, 11) is 1.70. The van der Waals surface area contributed by atoms with Crippen molar-refractivity contribution in [2.75, 3.05) is 37.4 Å². The molecule has 1 heterocycles. The van der Waals surface area contributed by atoms with Crippen LogP contribution < -0.4 is 20.7 Å². The van der Waals surface area contributed by atoms with Gasteiger partial charge in [0.2, 0.25) is 0 Å². The molecule has 10 nitrogen and oxygen atoms in total. The number of carbonyl (C=O) groups is 3. The van der Waals surface area contributed by atoms with Gasteiger partial charge >= 0.3 is 12.1 Å². The van der Waals surface area contributed by atoms with E-state index in [1.165, 1.54) is 6.42 Å². The van der Waals surface area contributed by atoms with Crippen molar-refractivity contribution in [3.63, 3.8) is 0 Å². The van der Waals surface area contributed by atoms with E-state index < -0.39 is 12.1 Å². The fourth-order valence-electron chi connectivity index (χ4n) is 5.21. The highest BCUT2D eigenvalue weighted by molar-refractivity contribution is 5.99. The molecule has 0 saturated heterocycles. The topological polar surface area (TPSA) is 123 Å². The number of ether oxygens (including phenoxy) is 1. The van der Waals surface area contributed by atoms with Gasteiger partial charge in [0, 0.05) is 36.9 Å². The summed E-state index contributed by atoms with van der Waals surface area (Å²) < 4.78 is 6.37. The van der Waals surface area contributed by atoms with Crippen LogP contribution in [0, 0.1) is 5.92 Å². The summed E-state index contributed by atoms with van der Waals surface area (Å²) in [5.74, 6) is -0.0580. The second-order valence-corrected chi connectivity index (χ2v) is 10.9. The van der Waals surface area contributed by atoms with Gasteiger partial charge in [0.25, 0.3) is 5.91 Å². The quantitative estimate of drug-likeness (QED) is 0.403. The van der Waals surface area contributed by atoms with Crippen LogP contribution in [0.15, 0.2) is 48.5 Å². The van der Waals surface area contributed by atoms with Crippen molar-refractivity contribution in [3.05, 3.63) is 54.1 Å². The number of hydrogen-bond donors (Lipinski definition) is 4. The molecule has 0 radical (unpaired) electrons. The number of anilines is 2.